The van der Waals surface area contributed by atoms with Gasteiger partial charge >= 0.3 is 0 Å². The molecule has 0 saturated heterocycles. The molecule has 0 fully saturated rings. The third kappa shape index (κ3) is 7.14. The second kappa shape index (κ2) is 10.4. The Morgan fingerprint density at radius 2 is 2.13 bits per heavy atom. The second-order valence-corrected chi connectivity index (χ2v) is 6.52. The molecule has 0 aliphatic carbocycles. The zero-order valence-corrected chi connectivity index (χ0v) is 15.1. The molecule has 23 heavy (non-hydrogen) atoms. The summed E-state index contributed by atoms with van der Waals surface area (Å²) < 4.78 is 7.32. The molecule has 5 nitrogen and oxygen atoms in total. The van der Waals surface area contributed by atoms with Gasteiger partial charge < -0.3 is 9.30 Å². The van der Waals surface area contributed by atoms with Crippen LogP contribution in [0.1, 0.15) is 38.7 Å². The van der Waals surface area contributed by atoms with Gasteiger partial charge in [0.1, 0.15) is 6.61 Å². The molecule has 0 atom stereocenters. The van der Waals surface area contributed by atoms with Crippen molar-refractivity contribution in [3.05, 3.63) is 34.3 Å². The van der Waals surface area contributed by atoms with E-state index in [1.54, 1.807) is 25.6 Å². The monoisotopic (exact) mass is 338 g/mol. The SMILES string of the molecule is C=C(C)C(=O)COCCCCCSc1nc(=O)c(C)cn1CC. The Hall–Kier alpha value is -1.40. The van der Waals surface area contributed by atoms with Crippen molar-refractivity contribution < 1.29 is 9.53 Å². The van der Waals surface area contributed by atoms with E-state index in [1.165, 1.54) is 0 Å². The fourth-order valence-electron chi connectivity index (χ4n) is 1.86. The molecule has 1 heterocycles. The molecule has 0 unspecified atom stereocenters. The van der Waals surface area contributed by atoms with Crippen LogP contribution in [0.3, 0.4) is 0 Å². The maximum atomic E-state index is 11.6. The Morgan fingerprint density at radius 1 is 1.39 bits per heavy atom. The highest BCUT2D eigenvalue weighted by Crippen LogP contribution is 2.16. The lowest BCUT2D eigenvalue weighted by Gasteiger charge is -2.10. The summed E-state index contributed by atoms with van der Waals surface area (Å²) in [5.74, 6) is 0.878. The average molecular weight is 338 g/mol. The Balaban J connectivity index is 2.21. The van der Waals surface area contributed by atoms with E-state index in [-0.39, 0.29) is 17.9 Å². The van der Waals surface area contributed by atoms with E-state index in [9.17, 15) is 9.59 Å². The zero-order chi connectivity index (χ0) is 17.2. The molecule has 0 aliphatic heterocycles. The molecular formula is C17H26N2O3S. The number of aryl methyl sites for hydroxylation is 2. The molecule has 0 aromatic carbocycles. The number of hydrogen-bond donors (Lipinski definition) is 0. The lowest BCUT2D eigenvalue weighted by molar-refractivity contribution is -0.119. The molecule has 1 aromatic heterocycles. The van der Waals surface area contributed by atoms with Crippen LogP contribution in [-0.4, -0.2) is 34.3 Å². The predicted molar refractivity (Wildman–Crippen MR) is 94.1 cm³/mol. The molecule has 6 heteroatoms. The van der Waals surface area contributed by atoms with Crippen molar-refractivity contribution in [2.24, 2.45) is 0 Å². The molecule has 1 rings (SSSR count). The highest BCUT2D eigenvalue weighted by Gasteiger charge is 2.05. The summed E-state index contributed by atoms with van der Waals surface area (Å²) in [4.78, 5) is 27.0. The Bertz CT molecular complexity index is 596. The van der Waals surface area contributed by atoms with Crippen LogP contribution >= 0.6 is 11.8 Å². The van der Waals surface area contributed by atoms with Gasteiger partial charge in [0, 0.05) is 30.7 Å². The van der Waals surface area contributed by atoms with Gasteiger partial charge in [0.05, 0.1) is 0 Å². The number of ketones is 1. The minimum atomic E-state index is -0.146. The minimum Gasteiger partial charge on any atom is -0.373 e. The van der Waals surface area contributed by atoms with Crippen LogP contribution in [-0.2, 0) is 16.1 Å². The summed E-state index contributed by atoms with van der Waals surface area (Å²) in [5, 5.41) is 0.784. The Morgan fingerprint density at radius 3 is 2.78 bits per heavy atom. The number of unbranched alkanes of at least 4 members (excludes halogenated alkanes) is 2. The summed E-state index contributed by atoms with van der Waals surface area (Å²) >= 11 is 1.61. The molecule has 1 aromatic rings. The first-order valence-electron chi connectivity index (χ1n) is 7.93. The van der Waals surface area contributed by atoms with Crippen LogP contribution in [0.4, 0.5) is 0 Å². The second-order valence-electron chi connectivity index (χ2n) is 5.46. The van der Waals surface area contributed by atoms with Crippen LogP contribution in [0.15, 0.2) is 28.3 Å². The summed E-state index contributed by atoms with van der Waals surface area (Å²) in [5.41, 5.74) is 1.07. The Kier molecular flexibility index (Phi) is 8.87. The van der Waals surface area contributed by atoms with Gasteiger partial charge in [-0.25, -0.2) is 0 Å². The minimum absolute atomic E-state index is 0.0384. The summed E-state index contributed by atoms with van der Waals surface area (Å²) in [6.45, 7) is 10.6. The molecule has 0 bridgehead atoms. The van der Waals surface area contributed by atoms with E-state index in [1.807, 2.05) is 17.7 Å². The zero-order valence-electron chi connectivity index (χ0n) is 14.3. The van der Waals surface area contributed by atoms with Crippen molar-refractivity contribution in [2.75, 3.05) is 19.0 Å². The molecular weight excluding hydrogens is 312 g/mol. The van der Waals surface area contributed by atoms with E-state index in [4.69, 9.17) is 4.74 Å². The molecule has 0 spiro atoms. The van der Waals surface area contributed by atoms with E-state index in [2.05, 4.69) is 11.6 Å². The van der Waals surface area contributed by atoms with Gasteiger partial charge in [-0.15, -0.1) is 0 Å². The van der Waals surface area contributed by atoms with Crippen LogP contribution in [0.5, 0.6) is 0 Å². The number of thioether (sulfide) groups is 1. The van der Waals surface area contributed by atoms with Gasteiger partial charge in [-0.05, 0) is 39.2 Å². The highest BCUT2D eigenvalue weighted by atomic mass is 32.2. The standard InChI is InChI=1S/C17H26N2O3S/c1-5-19-11-14(4)16(21)18-17(19)23-10-8-6-7-9-22-12-15(20)13(2)3/h11H,2,5-10,12H2,1,3-4H3. The number of hydrogen-bond acceptors (Lipinski definition) is 5. The molecule has 0 amide bonds. The smallest absolute Gasteiger partial charge is 0.276 e. The van der Waals surface area contributed by atoms with E-state index in [0.29, 0.717) is 17.7 Å². The van der Waals surface area contributed by atoms with Crippen molar-refractivity contribution in [1.29, 1.82) is 0 Å². The molecule has 0 saturated carbocycles. The van der Waals surface area contributed by atoms with Gasteiger partial charge in [0.25, 0.3) is 5.56 Å². The molecule has 128 valence electrons. The van der Waals surface area contributed by atoms with E-state index in [0.717, 1.165) is 36.7 Å². The molecule has 0 N–H and O–H groups in total. The fourth-order valence-corrected chi connectivity index (χ4v) is 2.89. The van der Waals surface area contributed by atoms with Gasteiger partial charge in [-0.1, -0.05) is 24.8 Å². The van der Waals surface area contributed by atoms with Crippen molar-refractivity contribution in [3.8, 4) is 0 Å². The first-order valence-corrected chi connectivity index (χ1v) is 8.91. The lowest BCUT2D eigenvalue weighted by Crippen LogP contribution is -2.16. The van der Waals surface area contributed by atoms with Gasteiger partial charge in [-0.2, -0.15) is 4.98 Å². The van der Waals surface area contributed by atoms with Crippen molar-refractivity contribution in [1.82, 2.24) is 9.55 Å². The first kappa shape index (κ1) is 19.6. The molecule has 0 radical (unpaired) electrons. The highest BCUT2D eigenvalue weighted by molar-refractivity contribution is 7.99. The maximum absolute atomic E-state index is 11.6. The third-order valence-electron chi connectivity index (χ3n) is 3.34. The topological polar surface area (TPSA) is 61.2 Å². The van der Waals surface area contributed by atoms with Crippen LogP contribution < -0.4 is 5.56 Å². The molecule has 0 aliphatic rings. The largest absolute Gasteiger partial charge is 0.373 e. The van der Waals surface area contributed by atoms with Crippen LogP contribution in [0, 0.1) is 6.92 Å². The van der Waals surface area contributed by atoms with Gasteiger partial charge in [0.2, 0.25) is 0 Å². The normalized spacial score (nSPS) is 10.7. The van der Waals surface area contributed by atoms with Crippen molar-refractivity contribution in [2.45, 2.75) is 51.7 Å². The average Bonchev–Trinajstić information content (AvgIpc) is 2.52. The van der Waals surface area contributed by atoms with Gasteiger partial charge in [0.15, 0.2) is 10.9 Å². The third-order valence-corrected chi connectivity index (χ3v) is 4.42. The summed E-state index contributed by atoms with van der Waals surface area (Å²) in [6, 6.07) is 0. The summed E-state index contributed by atoms with van der Waals surface area (Å²) in [7, 11) is 0. The fraction of sp³-hybridized carbons (Fsp3) is 0.588. The number of carbonyl (C=O) groups is 1. The maximum Gasteiger partial charge on any atom is 0.276 e. The first-order chi connectivity index (χ1) is 11.0. The summed E-state index contributed by atoms with van der Waals surface area (Å²) in [6.07, 6.45) is 4.84. The van der Waals surface area contributed by atoms with E-state index >= 15 is 0 Å². The van der Waals surface area contributed by atoms with Crippen LogP contribution in [0.2, 0.25) is 0 Å². The lowest BCUT2D eigenvalue weighted by atomic mass is 10.2. The van der Waals surface area contributed by atoms with Crippen molar-refractivity contribution >= 4 is 17.5 Å². The van der Waals surface area contributed by atoms with Crippen LogP contribution in [0.25, 0.3) is 0 Å². The van der Waals surface area contributed by atoms with E-state index < -0.39 is 0 Å². The number of nitrogens with zero attached hydrogens (tertiary/aromatic N) is 2. The number of Topliss-reactive ketones (excluding diaryl/α,β-unsaturated/α-hetero) is 1. The van der Waals surface area contributed by atoms with Gasteiger partial charge in [-0.3, -0.25) is 9.59 Å². The Labute approximate surface area is 142 Å². The number of rotatable bonds is 11. The number of aromatic nitrogens is 2. The quantitative estimate of drug-likeness (QED) is 0.269. The number of carbonyl (C=O) groups excluding carboxylic acids is 1. The number of ether oxygens (including phenoxy) is 1. The predicted octanol–water partition coefficient (Wildman–Crippen LogP) is 3.00. The van der Waals surface area contributed by atoms with Crippen molar-refractivity contribution in [3.63, 3.8) is 0 Å².